The molecule has 0 aliphatic heterocycles. The zero-order valence-corrected chi connectivity index (χ0v) is 9.55. The highest BCUT2D eigenvalue weighted by Gasteiger charge is 1.93. The van der Waals surface area contributed by atoms with Crippen molar-refractivity contribution in [3.8, 4) is 0 Å². The normalized spacial score (nSPS) is 9.00. The Morgan fingerprint density at radius 1 is 0.889 bits per heavy atom. The van der Waals surface area contributed by atoms with Crippen LogP contribution in [0.25, 0.3) is 0 Å². The average molecular weight is 250 g/mol. The predicted molar refractivity (Wildman–Crippen MR) is 63.7 cm³/mol. The summed E-state index contributed by atoms with van der Waals surface area (Å²) in [6.07, 6.45) is 0. The summed E-state index contributed by atoms with van der Waals surface area (Å²) in [5.74, 6) is -1.60. The van der Waals surface area contributed by atoms with E-state index in [-0.39, 0.29) is 0 Å². The minimum Gasteiger partial charge on any atom is -0.463 e. The zero-order valence-electron chi connectivity index (χ0n) is 9.55. The van der Waals surface area contributed by atoms with Crippen molar-refractivity contribution in [3.63, 3.8) is 0 Å². The van der Waals surface area contributed by atoms with Crippen LogP contribution in [-0.4, -0.2) is 6.47 Å². The van der Waals surface area contributed by atoms with Gasteiger partial charge in [-0.05, 0) is 17.7 Å². The molecule has 2 aromatic carbocycles. The Kier molecular flexibility index (Phi) is 6.11. The van der Waals surface area contributed by atoms with Crippen LogP contribution in [0.15, 0.2) is 54.6 Å². The maximum atomic E-state index is 11.9. The lowest BCUT2D eigenvalue weighted by molar-refractivity contribution is -0.129. The predicted octanol–water partition coefficient (Wildman–Crippen LogP) is 3.32. The summed E-state index contributed by atoms with van der Waals surface area (Å²) >= 11 is 0. The Morgan fingerprint density at radius 2 is 1.39 bits per heavy atom. The molecule has 0 aromatic heterocycles. The van der Waals surface area contributed by atoms with Crippen LogP contribution < -0.4 is 0 Å². The molecule has 2 aromatic rings. The Hall–Kier alpha value is -2.23. The van der Waals surface area contributed by atoms with Gasteiger partial charge in [-0.1, -0.05) is 42.5 Å². The van der Waals surface area contributed by atoms with E-state index in [4.69, 9.17) is 0 Å². The largest absolute Gasteiger partial charge is 0.463 e. The van der Waals surface area contributed by atoms with Crippen LogP contribution in [0.4, 0.5) is 8.78 Å². The molecule has 0 fully saturated rings. The molecule has 0 radical (unpaired) electrons. The molecule has 94 valence electrons. The van der Waals surface area contributed by atoms with Gasteiger partial charge in [0.15, 0.2) is 11.6 Å². The maximum absolute atomic E-state index is 11.9. The van der Waals surface area contributed by atoms with Crippen LogP contribution >= 0.6 is 0 Å². The summed E-state index contributed by atoms with van der Waals surface area (Å²) in [5.41, 5.74) is 1.01. The van der Waals surface area contributed by atoms with E-state index in [1.165, 1.54) is 12.1 Å². The number of halogens is 2. The standard InChI is InChI=1S/C8H8O2.C6H4F2/c9-7-10-6-8-4-2-1-3-5-8;7-5-3-1-2-4-6(5)8/h1-5,7H,6H2;1-4H. The van der Waals surface area contributed by atoms with Crippen molar-refractivity contribution in [2.45, 2.75) is 6.61 Å². The second-order valence-electron chi connectivity index (χ2n) is 3.31. The highest BCUT2D eigenvalue weighted by Crippen LogP contribution is 2.01. The van der Waals surface area contributed by atoms with E-state index in [0.717, 1.165) is 17.7 Å². The fourth-order valence-corrected chi connectivity index (χ4v) is 1.14. The third-order valence-electron chi connectivity index (χ3n) is 1.99. The summed E-state index contributed by atoms with van der Waals surface area (Å²) in [5, 5.41) is 0. The van der Waals surface area contributed by atoms with E-state index < -0.39 is 11.6 Å². The highest BCUT2D eigenvalue weighted by molar-refractivity contribution is 5.37. The third-order valence-corrected chi connectivity index (χ3v) is 1.99. The number of benzene rings is 2. The van der Waals surface area contributed by atoms with Gasteiger partial charge in [-0.15, -0.1) is 0 Å². The Bertz CT molecular complexity index is 451. The van der Waals surface area contributed by atoms with Gasteiger partial charge < -0.3 is 4.74 Å². The Balaban J connectivity index is 0.000000184. The first kappa shape index (κ1) is 13.8. The monoisotopic (exact) mass is 250 g/mol. The first-order chi connectivity index (χ1) is 8.74. The second-order valence-corrected chi connectivity index (χ2v) is 3.31. The summed E-state index contributed by atoms with van der Waals surface area (Å²) in [6.45, 7) is 0.817. The average Bonchev–Trinajstić information content (AvgIpc) is 2.42. The first-order valence-electron chi connectivity index (χ1n) is 5.23. The van der Waals surface area contributed by atoms with Gasteiger partial charge in [0.25, 0.3) is 6.47 Å². The number of carbonyl (C=O) groups excluding carboxylic acids is 1. The van der Waals surface area contributed by atoms with E-state index in [2.05, 4.69) is 4.74 Å². The molecule has 0 unspecified atom stereocenters. The lowest BCUT2D eigenvalue weighted by atomic mass is 10.2. The lowest BCUT2D eigenvalue weighted by Crippen LogP contribution is -1.88. The topological polar surface area (TPSA) is 26.3 Å². The minimum atomic E-state index is -0.799. The molecule has 18 heavy (non-hydrogen) atoms. The lowest BCUT2D eigenvalue weighted by Gasteiger charge is -1.95. The van der Waals surface area contributed by atoms with Crippen molar-refractivity contribution in [3.05, 3.63) is 71.8 Å². The van der Waals surface area contributed by atoms with Gasteiger partial charge in [-0.3, -0.25) is 4.79 Å². The van der Waals surface area contributed by atoms with Gasteiger partial charge >= 0.3 is 0 Å². The first-order valence-corrected chi connectivity index (χ1v) is 5.23. The van der Waals surface area contributed by atoms with Crippen LogP contribution in [-0.2, 0) is 16.1 Å². The molecule has 0 saturated heterocycles. The molecular formula is C14H12F2O2. The summed E-state index contributed by atoms with van der Waals surface area (Å²) in [7, 11) is 0. The number of ether oxygens (including phenoxy) is 1. The zero-order chi connectivity index (χ0) is 13.2. The minimum absolute atomic E-state index is 0.365. The van der Waals surface area contributed by atoms with Crippen molar-refractivity contribution >= 4 is 6.47 Å². The fourth-order valence-electron chi connectivity index (χ4n) is 1.14. The van der Waals surface area contributed by atoms with Gasteiger partial charge in [0.05, 0.1) is 0 Å². The molecule has 0 saturated carbocycles. The van der Waals surface area contributed by atoms with Crippen molar-refractivity contribution in [1.82, 2.24) is 0 Å². The molecule has 2 nitrogen and oxygen atoms in total. The molecule has 0 heterocycles. The van der Waals surface area contributed by atoms with E-state index in [0.29, 0.717) is 13.1 Å². The van der Waals surface area contributed by atoms with Crippen LogP contribution in [0.1, 0.15) is 5.56 Å². The summed E-state index contributed by atoms with van der Waals surface area (Å²) in [4.78, 5) is 9.76. The Morgan fingerprint density at radius 3 is 1.83 bits per heavy atom. The second kappa shape index (κ2) is 7.95. The fraction of sp³-hybridized carbons (Fsp3) is 0.0714. The molecule has 0 atom stereocenters. The van der Waals surface area contributed by atoms with E-state index in [1.54, 1.807) is 0 Å². The molecular weight excluding hydrogens is 238 g/mol. The third kappa shape index (κ3) is 5.21. The van der Waals surface area contributed by atoms with Crippen molar-refractivity contribution < 1.29 is 18.3 Å². The van der Waals surface area contributed by atoms with Crippen molar-refractivity contribution in [2.75, 3.05) is 0 Å². The summed E-state index contributed by atoms with van der Waals surface area (Å²) in [6, 6.07) is 14.6. The number of rotatable bonds is 3. The Labute approximate surface area is 104 Å². The van der Waals surface area contributed by atoms with E-state index in [9.17, 15) is 13.6 Å². The summed E-state index contributed by atoms with van der Waals surface area (Å²) < 4.78 is 28.4. The van der Waals surface area contributed by atoms with Crippen molar-refractivity contribution in [2.24, 2.45) is 0 Å². The van der Waals surface area contributed by atoms with Crippen LogP contribution in [0, 0.1) is 11.6 Å². The van der Waals surface area contributed by atoms with Crippen LogP contribution in [0.3, 0.4) is 0 Å². The van der Waals surface area contributed by atoms with Crippen molar-refractivity contribution in [1.29, 1.82) is 0 Å². The molecule has 0 bridgehead atoms. The van der Waals surface area contributed by atoms with Gasteiger partial charge in [-0.25, -0.2) is 8.78 Å². The molecule has 0 aliphatic carbocycles. The smallest absolute Gasteiger partial charge is 0.293 e. The number of hydrogen-bond donors (Lipinski definition) is 0. The van der Waals surface area contributed by atoms with Gasteiger partial charge in [0, 0.05) is 0 Å². The molecule has 0 spiro atoms. The molecule has 4 heteroatoms. The van der Waals surface area contributed by atoms with E-state index in [1.807, 2.05) is 30.3 Å². The molecule has 0 N–H and O–H groups in total. The maximum Gasteiger partial charge on any atom is 0.293 e. The van der Waals surface area contributed by atoms with Crippen LogP contribution in [0.2, 0.25) is 0 Å². The SMILES string of the molecule is Fc1ccccc1F.O=COCc1ccccc1. The number of carbonyl (C=O) groups is 1. The molecule has 0 amide bonds. The number of hydrogen-bond acceptors (Lipinski definition) is 2. The molecule has 2 rings (SSSR count). The van der Waals surface area contributed by atoms with Gasteiger partial charge in [0.2, 0.25) is 0 Å². The van der Waals surface area contributed by atoms with Gasteiger partial charge in [-0.2, -0.15) is 0 Å². The van der Waals surface area contributed by atoms with Crippen LogP contribution in [0.5, 0.6) is 0 Å². The molecule has 0 aliphatic rings. The van der Waals surface area contributed by atoms with E-state index >= 15 is 0 Å². The quantitative estimate of drug-likeness (QED) is 0.781. The highest BCUT2D eigenvalue weighted by atomic mass is 19.2. The van der Waals surface area contributed by atoms with Gasteiger partial charge in [0.1, 0.15) is 6.61 Å².